The summed E-state index contributed by atoms with van der Waals surface area (Å²) in [5.74, 6) is 0. The molecule has 0 amide bonds. The molecule has 3 nitrogen and oxygen atoms in total. The quantitative estimate of drug-likeness (QED) is 0.694. The van der Waals surface area contributed by atoms with Crippen LogP contribution in [0.1, 0.15) is 25.7 Å². The van der Waals surface area contributed by atoms with Gasteiger partial charge in [0.05, 0.1) is 12.2 Å². The Morgan fingerprint density at radius 1 is 1.20 bits per heavy atom. The Morgan fingerprint density at radius 2 is 1.80 bits per heavy atom. The summed E-state index contributed by atoms with van der Waals surface area (Å²) in [5, 5.41) is 9.83. The van der Waals surface area contributed by atoms with Gasteiger partial charge in [0.15, 0.2) is 0 Å². The lowest BCUT2D eigenvalue weighted by atomic mass is 9.93. The molecule has 0 heterocycles. The number of aliphatic hydroxyl groups is 1. The maximum absolute atomic E-state index is 12.0. The minimum absolute atomic E-state index is 0.0942. The van der Waals surface area contributed by atoms with Gasteiger partial charge < -0.3 is 15.6 Å². The van der Waals surface area contributed by atoms with Crippen molar-refractivity contribution in [2.24, 2.45) is 5.73 Å². The molecule has 0 aromatic carbocycles. The van der Waals surface area contributed by atoms with Crippen molar-refractivity contribution < 1.29 is 23.0 Å². The Labute approximate surface area is 87.4 Å². The molecule has 0 aliphatic carbocycles. The maximum Gasteiger partial charge on any atom is 0.389 e. The van der Waals surface area contributed by atoms with Crippen LogP contribution in [-0.4, -0.2) is 37.1 Å². The van der Waals surface area contributed by atoms with Gasteiger partial charge in [-0.25, -0.2) is 0 Å². The molecule has 0 rings (SSSR count). The van der Waals surface area contributed by atoms with Gasteiger partial charge in [-0.2, -0.15) is 13.2 Å². The fraction of sp³-hybridized carbons (Fsp3) is 1.00. The van der Waals surface area contributed by atoms with Gasteiger partial charge in [0.2, 0.25) is 0 Å². The van der Waals surface area contributed by atoms with Gasteiger partial charge in [0.1, 0.15) is 0 Å². The molecule has 3 N–H and O–H groups in total. The summed E-state index contributed by atoms with van der Waals surface area (Å²) in [4.78, 5) is 0. The standard InChI is InChI=1S/C9H18F3NO2/c1-15-7-8(14,3-2-6-13)4-5-9(10,11)12/h14H,2-7,13H2,1H3. The summed E-state index contributed by atoms with van der Waals surface area (Å²) in [5.41, 5.74) is 3.83. The Morgan fingerprint density at radius 3 is 2.20 bits per heavy atom. The van der Waals surface area contributed by atoms with Crippen LogP contribution in [0.5, 0.6) is 0 Å². The van der Waals surface area contributed by atoms with Crippen molar-refractivity contribution >= 4 is 0 Å². The molecule has 15 heavy (non-hydrogen) atoms. The number of hydrogen-bond donors (Lipinski definition) is 2. The molecule has 0 saturated carbocycles. The van der Waals surface area contributed by atoms with Gasteiger partial charge in [-0.15, -0.1) is 0 Å². The van der Waals surface area contributed by atoms with E-state index in [2.05, 4.69) is 0 Å². The molecule has 0 saturated heterocycles. The zero-order valence-electron chi connectivity index (χ0n) is 8.81. The van der Waals surface area contributed by atoms with Crippen LogP contribution in [0.15, 0.2) is 0 Å². The monoisotopic (exact) mass is 229 g/mol. The SMILES string of the molecule is COCC(O)(CCCN)CCC(F)(F)F. The van der Waals surface area contributed by atoms with Crippen LogP contribution in [0.4, 0.5) is 13.2 Å². The Hall–Kier alpha value is -0.330. The maximum atomic E-state index is 12.0. The van der Waals surface area contributed by atoms with Crippen molar-refractivity contribution in [1.82, 2.24) is 0 Å². The fourth-order valence-electron chi connectivity index (χ4n) is 1.34. The van der Waals surface area contributed by atoms with E-state index >= 15 is 0 Å². The summed E-state index contributed by atoms with van der Waals surface area (Å²) < 4.78 is 40.6. The van der Waals surface area contributed by atoms with Crippen molar-refractivity contribution in [1.29, 1.82) is 0 Å². The van der Waals surface area contributed by atoms with Crippen LogP contribution < -0.4 is 5.73 Å². The molecule has 1 atom stereocenters. The van der Waals surface area contributed by atoms with Gasteiger partial charge in [-0.1, -0.05) is 0 Å². The van der Waals surface area contributed by atoms with Crippen molar-refractivity contribution in [2.75, 3.05) is 20.3 Å². The van der Waals surface area contributed by atoms with Gasteiger partial charge in [-0.3, -0.25) is 0 Å². The lowest BCUT2D eigenvalue weighted by molar-refractivity contribution is -0.152. The number of nitrogens with two attached hydrogens (primary N) is 1. The van der Waals surface area contributed by atoms with Gasteiger partial charge in [-0.05, 0) is 25.8 Å². The molecule has 0 spiro atoms. The van der Waals surface area contributed by atoms with Gasteiger partial charge >= 0.3 is 6.18 Å². The first kappa shape index (κ1) is 14.7. The summed E-state index contributed by atoms with van der Waals surface area (Å²) in [7, 11) is 1.35. The number of hydrogen-bond acceptors (Lipinski definition) is 3. The molecule has 0 aromatic rings. The van der Waals surface area contributed by atoms with Crippen molar-refractivity contribution in [3.8, 4) is 0 Å². The molecule has 0 radical (unpaired) electrons. The molecule has 92 valence electrons. The number of methoxy groups -OCH3 is 1. The summed E-state index contributed by atoms with van der Waals surface area (Å²) in [6.07, 6.45) is -4.88. The predicted molar refractivity (Wildman–Crippen MR) is 50.4 cm³/mol. The van der Waals surface area contributed by atoms with Crippen LogP contribution >= 0.6 is 0 Å². The average Bonchev–Trinajstić information content (AvgIpc) is 2.12. The molecule has 0 aliphatic rings. The van der Waals surface area contributed by atoms with Crippen LogP contribution in [0.3, 0.4) is 0 Å². The highest BCUT2D eigenvalue weighted by Crippen LogP contribution is 2.28. The van der Waals surface area contributed by atoms with Crippen LogP contribution in [-0.2, 0) is 4.74 Å². The third kappa shape index (κ3) is 7.58. The lowest BCUT2D eigenvalue weighted by Crippen LogP contribution is -2.36. The van der Waals surface area contributed by atoms with E-state index < -0.39 is 18.2 Å². The van der Waals surface area contributed by atoms with E-state index in [1.165, 1.54) is 7.11 Å². The molecule has 0 aliphatic heterocycles. The van der Waals surface area contributed by atoms with Gasteiger partial charge in [0, 0.05) is 13.5 Å². The topological polar surface area (TPSA) is 55.5 Å². The largest absolute Gasteiger partial charge is 0.389 e. The van der Waals surface area contributed by atoms with E-state index in [1.807, 2.05) is 0 Å². The first-order valence-electron chi connectivity index (χ1n) is 4.81. The van der Waals surface area contributed by atoms with E-state index in [0.717, 1.165) is 0 Å². The first-order chi connectivity index (χ1) is 6.83. The first-order valence-corrected chi connectivity index (χ1v) is 4.81. The van der Waals surface area contributed by atoms with Crippen molar-refractivity contribution in [3.05, 3.63) is 0 Å². The molecule has 1 unspecified atom stereocenters. The van der Waals surface area contributed by atoms with Gasteiger partial charge in [0.25, 0.3) is 0 Å². The average molecular weight is 229 g/mol. The predicted octanol–water partition coefficient (Wildman–Crippen LogP) is 1.45. The highest BCUT2D eigenvalue weighted by atomic mass is 19.4. The summed E-state index contributed by atoms with van der Waals surface area (Å²) in [6, 6.07) is 0. The molecular formula is C9H18F3NO2. The van der Waals surface area contributed by atoms with Crippen LogP contribution in [0.25, 0.3) is 0 Å². The van der Waals surface area contributed by atoms with Crippen LogP contribution in [0.2, 0.25) is 0 Å². The molecule has 0 fully saturated rings. The second kappa shape index (κ2) is 6.30. The van der Waals surface area contributed by atoms with E-state index in [0.29, 0.717) is 13.0 Å². The highest BCUT2D eigenvalue weighted by molar-refractivity contribution is 4.79. The van der Waals surface area contributed by atoms with E-state index in [-0.39, 0.29) is 19.4 Å². The minimum atomic E-state index is -4.25. The second-order valence-corrected chi connectivity index (χ2v) is 3.66. The van der Waals surface area contributed by atoms with E-state index in [1.54, 1.807) is 0 Å². The normalized spacial score (nSPS) is 16.4. The Balaban J connectivity index is 4.11. The van der Waals surface area contributed by atoms with E-state index in [9.17, 15) is 18.3 Å². The number of alkyl halides is 3. The Bertz CT molecular complexity index is 175. The number of ether oxygens (including phenoxy) is 1. The fourth-order valence-corrected chi connectivity index (χ4v) is 1.34. The van der Waals surface area contributed by atoms with E-state index in [4.69, 9.17) is 10.5 Å². The third-order valence-electron chi connectivity index (χ3n) is 2.13. The highest BCUT2D eigenvalue weighted by Gasteiger charge is 2.34. The van der Waals surface area contributed by atoms with Crippen molar-refractivity contribution in [3.63, 3.8) is 0 Å². The zero-order valence-corrected chi connectivity index (χ0v) is 8.81. The molecule has 0 bridgehead atoms. The smallest absolute Gasteiger partial charge is 0.387 e. The second-order valence-electron chi connectivity index (χ2n) is 3.66. The van der Waals surface area contributed by atoms with Crippen molar-refractivity contribution in [2.45, 2.75) is 37.5 Å². The molecule has 0 aromatic heterocycles. The Kier molecular flexibility index (Phi) is 6.16. The zero-order chi connectivity index (χ0) is 11.9. The number of rotatable bonds is 7. The molecule has 6 heteroatoms. The summed E-state index contributed by atoms with van der Waals surface area (Å²) >= 11 is 0. The third-order valence-corrected chi connectivity index (χ3v) is 2.13. The van der Waals surface area contributed by atoms with Crippen LogP contribution in [0, 0.1) is 0 Å². The minimum Gasteiger partial charge on any atom is -0.387 e. The molecular weight excluding hydrogens is 211 g/mol. The number of halogens is 3. The lowest BCUT2D eigenvalue weighted by Gasteiger charge is -2.27. The summed E-state index contributed by atoms with van der Waals surface area (Å²) in [6.45, 7) is 0.251.